The third-order valence-corrected chi connectivity index (χ3v) is 3.55. The molecule has 0 saturated carbocycles. The number of rotatable bonds is 6. The summed E-state index contributed by atoms with van der Waals surface area (Å²) in [4.78, 5) is 2.47. The van der Waals surface area contributed by atoms with Crippen LogP contribution in [0.4, 0.5) is 0 Å². The van der Waals surface area contributed by atoms with E-state index < -0.39 is 0 Å². The molecule has 2 rings (SSSR count). The predicted molar refractivity (Wildman–Crippen MR) is 81.5 cm³/mol. The van der Waals surface area contributed by atoms with Gasteiger partial charge in [-0.25, -0.2) is 0 Å². The third kappa shape index (κ3) is 4.12. The number of hydrogen-bond acceptors (Lipinski definition) is 4. The molecule has 1 aliphatic rings. The lowest BCUT2D eigenvalue weighted by Gasteiger charge is -2.31. The van der Waals surface area contributed by atoms with E-state index in [0.717, 1.165) is 50.7 Å². The van der Waals surface area contributed by atoms with Gasteiger partial charge in [0.25, 0.3) is 0 Å². The van der Waals surface area contributed by atoms with Crippen molar-refractivity contribution in [3.8, 4) is 11.5 Å². The van der Waals surface area contributed by atoms with Crippen LogP contribution >= 0.6 is 0 Å². The maximum atomic E-state index is 5.69. The Labute approximate surface area is 122 Å². The molecule has 1 aliphatic heterocycles. The minimum absolute atomic E-state index is 0.567. The molecule has 4 nitrogen and oxygen atoms in total. The quantitative estimate of drug-likeness (QED) is 0.865. The number of methoxy groups -OCH3 is 1. The van der Waals surface area contributed by atoms with E-state index in [9.17, 15) is 0 Å². The zero-order valence-electron chi connectivity index (χ0n) is 12.8. The first-order valence-electron chi connectivity index (χ1n) is 7.48. The second-order valence-corrected chi connectivity index (χ2v) is 5.42. The highest BCUT2D eigenvalue weighted by Crippen LogP contribution is 2.28. The van der Waals surface area contributed by atoms with Crippen LogP contribution in [0.15, 0.2) is 18.2 Å². The van der Waals surface area contributed by atoms with Crippen molar-refractivity contribution in [3.63, 3.8) is 0 Å². The molecular weight excluding hydrogens is 252 g/mol. The van der Waals surface area contributed by atoms with E-state index in [0.29, 0.717) is 6.04 Å². The average Bonchev–Trinajstić information content (AvgIpc) is 2.46. The minimum Gasteiger partial charge on any atom is -0.493 e. The van der Waals surface area contributed by atoms with Crippen LogP contribution in [0.2, 0.25) is 0 Å². The zero-order valence-corrected chi connectivity index (χ0v) is 12.8. The molecule has 1 aromatic rings. The molecule has 1 N–H and O–H groups in total. The molecule has 1 unspecified atom stereocenters. The number of benzene rings is 1. The third-order valence-electron chi connectivity index (χ3n) is 3.55. The van der Waals surface area contributed by atoms with Gasteiger partial charge in [0.05, 0.1) is 13.7 Å². The topological polar surface area (TPSA) is 33.7 Å². The van der Waals surface area contributed by atoms with Gasteiger partial charge in [0.2, 0.25) is 0 Å². The second kappa shape index (κ2) is 7.50. The molecule has 0 aromatic heterocycles. The standard InChI is InChI=1S/C16H26N2O2/c1-4-9-20-15-6-5-14(10-16(15)19-3)12-18-8-7-17-13(2)11-18/h5-6,10,13,17H,4,7-9,11-12H2,1-3H3. The van der Waals surface area contributed by atoms with Gasteiger partial charge < -0.3 is 14.8 Å². The van der Waals surface area contributed by atoms with Gasteiger partial charge in [0.15, 0.2) is 11.5 Å². The molecule has 1 atom stereocenters. The van der Waals surface area contributed by atoms with Crippen LogP contribution in [0.5, 0.6) is 11.5 Å². The summed E-state index contributed by atoms with van der Waals surface area (Å²) in [5, 5.41) is 3.47. The summed E-state index contributed by atoms with van der Waals surface area (Å²) in [7, 11) is 1.70. The van der Waals surface area contributed by atoms with Crippen molar-refractivity contribution in [2.24, 2.45) is 0 Å². The summed E-state index contributed by atoms with van der Waals surface area (Å²) >= 11 is 0. The van der Waals surface area contributed by atoms with E-state index in [4.69, 9.17) is 9.47 Å². The maximum Gasteiger partial charge on any atom is 0.161 e. The van der Waals surface area contributed by atoms with Crippen LogP contribution in [0.3, 0.4) is 0 Å². The molecule has 4 heteroatoms. The summed E-state index contributed by atoms with van der Waals surface area (Å²) < 4.78 is 11.1. The van der Waals surface area contributed by atoms with Gasteiger partial charge >= 0.3 is 0 Å². The van der Waals surface area contributed by atoms with Crippen molar-refractivity contribution in [3.05, 3.63) is 23.8 Å². The first kappa shape index (κ1) is 15.1. The van der Waals surface area contributed by atoms with Crippen molar-refractivity contribution in [2.45, 2.75) is 32.9 Å². The SMILES string of the molecule is CCCOc1ccc(CN2CCNC(C)C2)cc1OC. The fraction of sp³-hybridized carbons (Fsp3) is 0.625. The van der Waals surface area contributed by atoms with Gasteiger partial charge in [-0.05, 0) is 31.0 Å². The van der Waals surface area contributed by atoms with Crippen LogP contribution in [-0.4, -0.2) is 44.3 Å². The summed E-state index contributed by atoms with van der Waals surface area (Å²) in [6, 6.07) is 6.82. The molecule has 0 bridgehead atoms. The van der Waals surface area contributed by atoms with Crippen LogP contribution in [0.25, 0.3) is 0 Å². The van der Waals surface area contributed by atoms with E-state index in [-0.39, 0.29) is 0 Å². The molecule has 1 fully saturated rings. The molecule has 0 aliphatic carbocycles. The van der Waals surface area contributed by atoms with Crippen molar-refractivity contribution in [2.75, 3.05) is 33.4 Å². The van der Waals surface area contributed by atoms with E-state index in [1.807, 2.05) is 6.07 Å². The predicted octanol–water partition coefficient (Wildman–Crippen LogP) is 2.28. The average molecular weight is 278 g/mol. The smallest absolute Gasteiger partial charge is 0.161 e. The number of nitrogens with zero attached hydrogens (tertiary/aromatic N) is 1. The van der Waals surface area contributed by atoms with Crippen molar-refractivity contribution < 1.29 is 9.47 Å². The molecule has 1 heterocycles. The van der Waals surface area contributed by atoms with Crippen molar-refractivity contribution in [1.82, 2.24) is 10.2 Å². The van der Waals surface area contributed by atoms with Gasteiger partial charge in [-0.1, -0.05) is 13.0 Å². The Bertz CT molecular complexity index is 423. The van der Waals surface area contributed by atoms with E-state index >= 15 is 0 Å². The van der Waals surface area contributed by atoms with E-state index in [1.165, 1.54) is 5.56 Å². The highest BCUT2D eigenvalue weighted by molar-refractivity contribution is 5.43. The lowest BCUT2D eigenvalue weighted by molar-refractivity contribution is 0.199. The lowest BCUT2D eigenvalue weighted by Crippen LogP contribution is -2.48. The molecule has 1 saturated heterocycles. The second-order valence-electron chi connectivity index (χ2n) is 5.42. The van der Waals surface area contributed by atoms with Gasteiger partial charge in [0, 0.05) is 32.2 Å². The highest BCUT2D eigenvalue weighted by Gasteiger charge is 2.16. The first-order chi connectivity index (χ1) is 9.72. The summed E-state index contributed by atoms with van der Waals surface area (Å²) in [6.45, 7) is 9.29. The van der Waals surface area contributed by atoms with Crippen LogP contribution in [0.1, 0.15) is 25.8 Å². The Morgan fingerprint density at radius 1 is 1.35 bits per heavy atom. The molecule has 0 spiro atoms. The van der Waals surface area contributed by atoms with Crippen LogP contribution in [-0.2, 0) is 6.54 Å². The van der Waals surface area contributed by atoms with Crippen molar-refractivity contribution >= 4 is 0 Å². The summed E-state index contributed by atoms with van der Waals surface area (Å²) in [5.41, 5.74) is 1.28. The highest BCUT2D eigenvalue weighted by atomic mass is 16.5. The summed E-state index contributed by atoms with van der Waals surface area (Å²) in [6.07, 6.45) is 1.00. The van der Waals surface area contributed by atoms with E-state index in [1.54, 1.807) is 7.11 Å². The fourth-order valence-corrected chi connectivity index (χ4v) is 2.56. The largest absolute Gasteiger partial charge is 0.493 e. The Balaban J connectivity index is 2.01. The zero-order chi connectivity index (χ0) is 14.4. The molecule has 0 amide bonds. The Morgan fingerprint density at radius 3 is 2.90 bits per heavy atom. The normalized spacial score (nSPS) is 19.9. The Morgan fingerprint density at radius 2 is 2.20 bits per heavy atom. The van der Waals surface area contributed by atoms with Crippen LogP contribution < -0.4 is 14.8 Å². The van der Waals surface area contributed by atoms with Gasteiger partial charge in [-0.3, -0.25) is 4.90 Å². The van der Waals surface area contributed by atoms with Gasteiger partial charge in [-0.2, -0.15) is 0 Å². The summed E-state index contributed by atoms with van der Waals surface area (Å²) in [5.74, 6) is 1.67. The Hall–Kier alpha value is -1.26. The molecule has 20 heavy (non-hydrogen) atoms. The van der Waals surface area contributed by atoms with Crippen molar-refractivity contribution in [1.29, 1.82) is 0 Å². The minimum atomic E-state index is 0.567. The Kier molecular flexibility index (Phi) is 5.68. The lowest BCUT2D eigenvalue weighted by atomic mass is 10.1. The maximum absolute atomic E-state index is 5.69. The molecule has 112 valence electrons. The van der Waals surface area contributed by atoms with Crippen LogP contribution in [0, 0.1) is 0 Å². The number of piperazine rings is 1. The number of nitrogens with one attached hydrogen (secondary N) is 1. The monoisotopic (exact) mass is 278 g/mol. The number of ether oxygens (including phenoxy) is 2. The molecule has 1 aromatic carbocycles. The van der Waals surface area contributed by atoms with Gasteiger partial charge in [0.1, 0.15) is 0 Å². The number of hydrogen-bond donors (Lipinski definition) is 1. The first-order valence-corrected chi connectivity index (χ1v) is 7.48. The van der Waals surface area contributed by atoms with Gasteiger partial charge in [-0.15, -0.1) is 0 Å². The molecular formula is C16H26N2O2. The van der Waals surface area contributed by atoms with E-state index in [2.05, 4.69) is 36.2 Å². The fourth-order valence-electron chi connectivity index (χ4n) is 2.56. The molecule has 0 radical (unpaired) electrons.